The van der Waals surface area contributed by atoms with Gasteiger partial charge < -0.3 is 14.8 Å². The predicted octanol–water partition coefficient (Wildman–Crippen LogP) is 3.58. The number of hydrogen-bond acceptors (Lipinski definition) is 5. The molecule has 154 valence electrons. The first-order valence-electron chi connectivity index (χ1n) is 9.55. The quantitative estimate of drug-likeness (QED) is 0.405. The van der Waals surface area contributed by atoms with Gasteiger partial charge in [0.2, 0.25) is 0 Å². The topological polar surface area (TPSA) is 89.0 Å². The van der Waals surface area contributed by atoms with E-state index in [0.717, 1.165) is 17.5 Å². The average molecular weight is 397 g/mol. The maximum Gasteiger partial charge on any atom is 0.329 e. The molecule has 29 heavy (non-hydrogen) atoms. The van der Waals surface area contributed by atoms with E-state index >= 15 is 0 Å². The average Bonchev–Trinajstić information content (AvgIpc) is 2.66. The summed E-state index contributed by atoms with van der Waals surface area (Å²) in [6.45, 7) is 8.85. The lowest BCUT2D eigenvalue weighted by Gasteiger charge is -2.11. The Morgan fingerprint density at radius 3 is 2.34 bits per heavy atom. The van der Waals surface area contributed by atoms with E-state index in [9.17, 15) is 9.59 Å². The first-order chi connectivity index (χ1) is 13.9. The van der Waals surface area contributed by atoms with Gasteiger partial charge in [0.25, 0.3) is 0 Å². The fourth-order valence-electron chi connectivity index (χ4n) is 2.66. The number of benzene rings is 2. The maximum atomic E-state index is 12.0. The molecule has 0 bridgehead atoms. The molecular formula is C22H27N3O4. The summed E-state index contributed by atoms with van der Waals surface area (Å²) in [6.07, 6.45) is 2.33. The fraction of sp³-hybridized carbons (Fsp3) is 0.318. The molecule has 0 aliphatic heterocycles. The molecule has 0 aliphatic carbocycles. The monoisotopic (exact) mass is 397 g/mol. The molecule has 7 heteroatoms. The molecule has 0 radical (unpaired) electrons. The highest BCUT2D eigenvalue weighted by molar-refractivity contribution is 6.39. The van der Waals surface area contributed by atoms with Gasteiger partial charge in [0.05, 0.1) is 19.4 Å². The van der Waals surface area contributed by atoms with Crippen LogP contribution in [-0.4, -0.2) is 31.2 Å². The molecule has 2 N–H and O–H groups in total. The molecular weight excluding hydrogens is 370 g/mol. The number of nitrogens with zero attached hydrogens (tertiary/aromatic N) is 1. The molecule has 0 unspecified atom stereocenters. The summed E-state index contributed by atoms with van der Waals surface area (Å²) >= 11 is 0. The molecule has 2 aromatic rings. The number of hydrogen-bond donors (Lipinski definition) is 2. The van der Waals surface area contributed by atoms with Crippen LogP contribution in [0, 0.1) is 13.8 Å². The van der Waals surface area contributed by atoms with Crippen molar-refractivity contribution in [2.24, 2.45) is 5.10 Å². The van der Waals surface area contributed by atoms with Gasteiger partial charge in [-0.2, -0.15) is 5.10 Å². The van der Waals surface area contributed by atoms with Gasteiger partial charge in [-0.25, -0.2) is 5.43 Å². The zero-order chi connectivity index (χ0) is 21.2. The Morgan fingerprint density at radius 2 is 1.69 bits per heavy atom. The molecule has 0 atom stereocenters. The Kier molecular flexibility index (Phi) is 8.21. The van der Waals surface area contributed by atoms with Crippen molar-refractivity contribution in [3.05, 3.63) is 53.1 Å². The van der Waals surface area contributed by atoms with Crippen LogP contribution < -0.4 is 20.2 Å². The highest BCUT2D eigenvalue weighted by atomic mass is 16.5. The van der Waals surface area contributed by atoms with Gasteiger partial charge in [0.1, 0.15) is 0 Å². The van der Waals surface area contributed by atoms with E-state index < -0.39 is 11.8 Å². The van der Waals surface area contributed by atoms with Crippen LogP contribution in [0.15, 0.2) is 41.5 Å². The number of ether oxygens (including phenoxy) is 2. The Balaban J connectivity index is 1.97. The van der Waals surface area contributed by atoms with Crippen LogP contribution in [0.2, 0.25) is 0 Å². The minimum Gasteiger partial charge on any atom is -0.490 e. The molecule has 0 saturated heterocycles. The first-order valence-corrected chi connectivity index (χ1v) is 9.55. The van der Waals surface area contributed by atoms with Crippen LogP contribution >= 0.6 is 0 Å². The second kappa shape index (κ2) is 10.8. The number of carbonyl (C=O) groups excluding carboxylic acids is 2. The third-order valence-corrected chi connectivity index (χ3v) is 3.79. The maximum absolute atomic E-state index is 12.0. The molecule has 7 nitrogen and oxygen atoms in total. The van der Waals surface area contributed by atoms with Crippen LogP contribution in [-0.2, 0) is 9.59 Å². The van der Waals surface area contributed by atoms with Crippen molar-refractivity contribution >= 4 is 23.7 Å². The number of rotatable bonds is 8. The van der Waals surface area contributed by atoms with Crippen molar-refractivity contribution in [2.75, 3.05) is 18.5 Å². The highest BCUT2D eigenvalue weighted by Gasteiger charge is 2.13. The lowest BCUT2D eigenvalue weighted by Crippen LogP contribution is -2.32. The van der Waals surface area contributed by atoms with Gasteiger partial charge >= 0.3 is 11.8 Å². The van der Waals surface area contributed by atoms with Crippen LogP contribution in [0.25, 0.3) is 0 Å². The number of amides is 2. The molecule has 2 aromatic carbocycles. The van der Waals surface area contributed by atoms with E-state index in [2.05, 4.69) is 15.8 Å². The third-order valence-electron chi connectivity index (χ3n) is 3.79. The van der Waals surface area contributed by atoms with Crippen molar-refractivity contribution in [3.8, 4) is 11.5 Å². The standard InChI is InChI=1S/C22H27N3O4/c1-5-9-29-19-8-7-17(13-20(19)28-6-2)14-23-25-22(27)21(26)24-18-11-15(3)10-16(4)12-18/h7-8,10-14H,5-6,9H2,1-4H3,(H,24,26)(H,25,27)/b23-14-. The van der Waals surface area contributed by atoms with Crippen molar-refractivity contribution in [1.29, 1.82) is 0 Å². The number of aryl methyl sites for hydroxylation is 2. The Bertz CT molecular complexity index is 873. The Hall–Kier alpha value is -3.35. The lowest BCUT2D eigenvalue weighted by molar-refractivity contribution is -0.136. The van der Waals surface area contributed by atoms with Crippen LogP contribution in [0.4, 0.5) is 5.69 Å². The molecule has 0 saturated carbocycles. The van der Waals surface area contributed by atoms with E-state index in [1.165, 1.54) is 6.21 Å². The van der Waals surface area contributed by atoms with Gasteiger partial charge in [0.15, 0.2) is 11.5 Å². The first kappa shape index (κ1) is 21.9. The zero-order valence-electron chi connectivity index (χ0n) is 17.2. The van der Waals surface area contributed by atoms with Crippen molar-refractivity contribution in [2.45, 2.75) is 34.1 Å². The van der Waals surface area contributed by atoms with Crippen LogP contribution in [0.1, 0.15) is 37.0 Å². The zero-order valence-corrected chi connectivity index (χ0v) is 17.2. The lowest BCUT2D eigenvalue weighted by atomic mass is 10.1. The smallest absolute Gasteiger partial charge is 0.329 e. The second-order valence-electron chi connectivity index (χ2n) is 6.52. The summed E-state index contributed by atoms with van der Waals surface area (Å²) in [6, 6.07) is 10.9. The fourth-order valence-corrected chi connectivity index (χ4v) is 2.66. The molecule has 0 aliphatic rings. The summed E-state index contributed by atoms with van der Waals surface area (Å²) in [5, 5.41) is 6.41. The normalized spacial score (nSPS) is 10.6. The number of carbonyl (C=O) groups is 2. The third kappa shape index (κ3) is 6.95. The van der Waals surface area contributed by atoms with Gasteiger partial charge in [-0.3, -0.25) is 9.59 Å². The van der Waals surface area contributed by atoms with Gasteiger partial charge in [-0.05, 0) is 74.2 Å². The summed E-state index contributed by atoms with van der Waals surface area (Å²) in [5.41, 5.74) is 5.48. The van der Waals surface area contributed by atoms with Crippen molar-refractivity contribution < 1.29 is 19.1 Å². The SMILES string of the molecule is CCCOc1ccc(/C=N\NC(=O)C(=O)Nc2cc(C)cc(C)c2)cc1OCC. The summed E-state index contributed by atoms with van der Waals surface area (Å²) in [7, 11) is 0. The Labute approximate surface area is 171 Å². The van der Waals surface area contributed by atoms with E-state index in [-0.39, 0.29) is 0 Å². The molecule has 0 fully saturated rings. The molecule has 0 spiro atoms. The van der Waals surface area contributed by atoms with E-state index in [1.807, 2.05) is 33.8 Å². The number of hydrazone groups is 1. The van der Waals surface area contributed by atoms with E-state index in [4.69, 9.17) is 9.47 Å². The molecule has 0 heterocycles. The van der Waals surface area contributed by atoms with Crippen molar-refractivity contribution in [1.82, 2.24) is 5.43 Å². The molecule has 0 aromatic heterocycles. The minimum atomic E-state index is -0.853. The number of anilines is 1. The predicted molar refractivity (Wildman–Crippen MR) is 114 cm³/mol. The van der Waals surface area contributed by atoms with Crippen LogP contribution in [0.5, 0.6) is 11.5 Å². The largest absolute Gasteiger partial charge is 0.490 e. The summed E-state index contributed by atoms with van der Waals surface area (Å²) in [5.74, 6) is -0.384. The van der Waals surface area contributed by atoms with E-state index in [0.29, 0.717) is 36.0 Å². The van der Waals surface area contributed by atoms with Gasteiger partial charge in [-0.1, -0.05) is 13.0 Å². The van der Waals surface area contributed by atoms with Crippen LogP contribution in [0.3, 0.4) is 0 Å². The minimum absolute atomic E-state index is 0.498. The highest BCUT2D eigenvalue weighted by Crippen LogP contribution is 2.28. The van der Waals surface area contributed by atoms with E-state index in [1.54, 1.807) is 30.3 Å². The Morgan fingerprint density at radius 1 is 0.966 bits per heavy atom. The molecule has 2 amide bonds. The molecule has 2 rings (SSSR count). The van der Waals surface area contributed by atoms with Gasteiger partial charge in [0, 0.05) is 5.69 Å². The summed E-state index contributed by atoms with van der Waals surface area (Å²) in [4.78, 5) is 24.0. The van der Waals surface area contributed by atoms with Crippen molar-refractivity contribution in [3.63, 3.8) is 0 Å². The summed E-state index contributed by atoms with van der Waals surface area (Å²) < 4.78 is 11.2. The number of nitrogens with one attached hydrogen (secondary N) is 2. The second-order valence-corrected chi connectivity index (χ2v) is 6.52. The van der Waals surface area contributed by atoms with Gasteiger partial charge in [-0.15, -0.1) is 0 Å².